The Morgan fingerprint density at radius 1 is 0.425 bits per heavy atom. The summed E-state index contributed by atoms with van der Waals surface area (Å²) in [5, 5.41) is 6.05. The van der Waals surface area contributed by atoms with Gasteiger partial charge in [0.15, 0.2) is 0 Å². The highest BCUT2D eigenvalue weighted by molar-refractivity contribution is 5.91. The Bertz CT molecular complexity index is 1040. The Balaban J connectivity index is 1.44. The summed E-state index contributed by atoms with van der Waals surface area (Å²) in [6.45, 7) is 4.44. The molecule has 0 saturated carbocycles. The van der Waals surface area contributed by atoms with E-state index in [1.165, 1.54) is 51.4 Å². The van der Waals surface area contributed by atoms with Gasteiger partial charge < -0.3 is 10.6 Å². The fraction of sp³-hybridized carbons (Fsp3) is 0.444. The highest BCUT2D eigenvalue weighted by Gasteiger charge is 2.06. The van der Waals surface area contributed by atoms with Crippen LogP contribution in [0.4, 0.5) is 11.4 Å². The van der Waals surface area contributed by atoms with Gasteiger partial charge in [-0.15, -0.1) is 0 Å². The van der Waals surface area contributed by atoms with Crippen LogP contribution in [0.15, 0.2) is 72.8 Å². The molecule has 0 aliphatic rings. The second-order valence-corrected chi connectivity index (χ2v) is 10.9. The Morgan fingerprint density at radius 2 is 0.700 bits per heavy atom. The van der Waals surface area contributed by atoms with Crippen LogP contribution in [0.1, 0.15) is 104 Å². The maximum absolute atomic E-state index is 12.3. The van der Waals surface area contributed by atoms with E-state index in [2.05, 4.69) is 73.0 Å². The van der Waals surface area contributed by atoms with E-state index < -0.39 is 0 Å². The molecule has 0 saturated heterocycles. The van der Waals surface area contributed by atoms with Gasteiger partial charge in [0.2, 0.25) is 11.8 Å². The molecule has 3 aromatic rings. The van der Waals surface area contributed by atoms with Crippen LogP contribution in [0, 0.1) is 0 Å². The quantitative estimate of drug-likeness (QED) is 0.158. The van der Waals surface area contributed by atoms with Gasteiger partial charge in [-0.05, 0) is 59.4 Å². The number of unbranched alkanes of at least 4 members (excludes halogenated alkanes) is 10. The van der Waals surface area contributed by atoms with E-state index in [1.54, 1.807) is 0 Å². The summed E-state index contributed by atoms with van der Waals surface area (Å²) in [4.78, 5) is 24.5. The van der Waals surface area contributed by atoms with Crippen LogP contribution in [-0.4, -0.2) is 11.8 Å². The molecule has 3 aromatic carbocycles. The number of nitrogens with one attached hydrogen (secondary N) is 2. The van der Waals surface area contributed by atoms with E-state index in [0.29, 0.717) is 12.8 Å². The SMILES string of the molecule is CCCCCCCCC(=O)Nc1ccc(-c2ccc(-c3ccc(NC(=O)CCCCCCCC)cc3)cc2)cc1. The van der Waals surface area contributed by atoms with Crippen LogP contribution >= 0.6 is 0 Å². The van der Waals surface area contributed by atoms with Crippen molar-refractivity contribution in [3.63, 3.8) is 0 Å². The zero-order valence-electron chi connectivity index (χ0n) is 24.6. The van der Waals surface area contributed by atoms with Crippen LogP contribution in [0.25, 0.3) is 22.3 Å². The predicted octanol–water partition coefficient (Wildman–Crippen LogP) is 10.4. The standard InChI is InChI=1S/C36H48N2O2/c1-3-5-7-9-11-13-15-35(39)37-33-25-21-31(22-26-33)29-17-19-30(20-18-29)32-23-27-34(28-24-32)38-36(40)16-14-12-10-8-6-4-2/h17-28H,3-16H2,1-2H3,(H,37,39)(H,38,40). The fourth-order valence-corrected chi connectivity index (χ4v) is 4.93. The normalized spacial score (nSPS) is 10.8. The van der Waals surface area contributed by atoms with Crippen molar-refractivity contribution in [2.45, 2.75) is 104 Å². The molecule has 0 aromatic heterocycles. The fourth-order valence-electron chi connectivity index (χ4n) is 4.93. The predicted molar refractivity (Wildman–Crippen MR) is 171 cm³/mol. The van der Waals surface area contributed by atoms with Crippen molar-refractivity contribution in [2.75, 3.05) is 10.6 Å². The largest absolute Gasteiger partial charge is 0.326 e. The second-order valence-electron chi connectivity index (χ2n) is 10.9. The van der Waals surface area contributed by atoms with Crippen LogP contribution in [0.5, 0.6) is 0 Å². The third kappa shape index (κ3) is 11.4. The van der Waals surface area contributed by atoms with Crippen molar-refractivity contribution < 1.29 is 9.59 Å². The molecule has 0 unspecified atom stereocenters. The van der Waals surface area contributed by atoms with Crippen LogP contribution in [0.3, 0.4) is 0 Å². The number of benzene rings is 3. The molecule has 2 N–H and O–H groups in total. The first-order chi connectivity index (χ1) is 19.6. The molecule has 2 amide bonds. The summed E-state index contributed by atoms with van der Waals surface area (Å²) < 4.78 is 0. The molecule has 0 aliphatic heterocycles. The first-order valence-corrected chi connectivity index (χ1v) is 15.5. The van der Waals surface area contributed by atoms with Gasteiger partial charge in [0.1, 0.15) is 0 Å². The Hall–Kier alpha value is -3.40. The lowest BCUT2D eigenvalue weighted by Gasteiger charge is -2.09. The number of anilines is 2. The lowest BCUT2D eigenvalue weighted by atomic mass is 10.00. The number of hydrogen-bond donors (Lipinski definition) is 2. The molecular formula is C36H48N2O2. The van der Waals surface area contributed by atoms with Gasteiger partial charge in [0, 0.05) is 24.2 Å². The van der Waals surface area contributed by atoms with Gasteiger partial charge in [-0.1, -0.05) is 127 Å². The third-order valence-electron chi connectivity index (χ3n) is 7.40. The zero-order valence-corrected chi connectivity index (χ0v) is 24.6. The van der Waals surface area contributed by atoms with Crippen molar-refractivity contribution in [3.05, 3.63) is 72.8 Å². The number of rotatable bonds is 18. The topological polar surface area (TPSA) is 58.2 Å². The smallest absolute Gasteiger partial charge is 0.224 e. The lowest BCUT2D eigenvalue weighted by Crippen LogP contribution is -2.10. The van der Waals surface area contributed by atoms with Gasteiger partial charge in [0.05, 0.1) is 0 Å². The van der Waals surface area contributed by atoms with Crippen molar-refractivity contribution in [3.8, 4) is 22.3 Å². The van der Waals surface area contributed by atoms with E-state index >= 15 is 0 Å². The minimum atomic E-state index is 0.0935. The van der Waals surface area contributed by atoms with Gasteiger partial charge in [-0.25, -0.2) is 0 Å². The minimum absolute atomic E-state index is 0.0935. The van der Waals surface area contributed by atoms with E-state index in [1.807, 2.05) is 24.3 Å². The molecule has 40 heavy (non-hydrogen) atoms. The van der Waals surface area contributed by atoms with Crippen molar-refractivity contribution >= 4 is 23.2 Å². The Labute approximate surface area is 242 Å². The minimum Gasteiger partial charge on any atom is -0.326 e. The molecule has 3 rings (SSSR count). The molecule has 0 spiro atoms. The summed E-state index contributed by atoms with van der Waals surface area (Å²) in [5.74, 6) is 0.187. The average molecular weight is 541 g/mol. The molecule has 0 bridgehead atoms. The molecule has 4 nitrogen and oxygen atoms in total. The van der Waals surface area contributed by atoms with Crippen molar-refractivity contribution in [1.82, 2.24) is 0 Å². The average Bonchev–Trinajstić information content (AvgIpc) is 2.98. The van der Waals surface area contributed by atoms with E-state index in [4.69, 9.17) is 0 Å². The number of amides is 2. The van der Waals surface area contributed by atoms with Gasteiger partial charge in [-0.3, -0.25) is 9.59 Å². The van der Waals surface area contributed by atoms with E-state index in [9.17, 15) is 9.59 Å². The maximum Gasteiger partial charge on any atom is 0.224 e. The zero-order chi connectivity index (χ0) is 28.4. The lowest BCUT2D eigenvalue weighted by molar-refractivity contribution is -0.117. The highest BCUT2D eigenvalue weighted by atomic mass is 16.2. The monoisotopic (exact) mass is 540 g/mol. The Kier molecular flexibility index (Phi) is 14.0. The molecule has 0 fully saturated rings. The van der Waals surface area contributed by atoms with Gasteiger partial charge >= 0.3 is 0 Å². The molecule has 4 heteroatoms. The summed E-state index contributed by atoms with van der Waals surface area (Å²) in [5.41, 5.74) is 6.18. The van der Waals surface area contributed by atoms with Crippen molar-refractivity contribution in [2.24, 2.45) is 0 Å². The first-order valence-electron chi connectivity index (χ1n) is 15.5. The summed E-state index contributed by atoms with van der Waals surface area (Å²) in [7, 11) is 0. The van der Waals surface area contributed by atoms with Crippen molar-refractivity contribution in [1.29, 1.82) is 0 Å². The molecule has 0 aliphatic carbocycles. The van der Waals surface area contributed by atoms with E-state index in [0.717, 1.165) is 59.3 Å². The first kappa shape index (κ1) is 31.1. The molecular weight excluding hydrogens is 492 g/mol. The highest BCUT2D eigenvalue weighted by Crippen LogP contribution is 2.27. The van der Waals surface area contributed by atoms with Crippen LogP contribution in [-0.2, 0) is 9.59 Å². The van der Waals surface area contributed by atoms with Gasteiger partial charge in [0.25, 0.3) is 0 Å². The number of hydrogen-bond acceptors (Lipinski definition) is 2. The molecule has 0 radical (unpaired) electrons. The summed E-state index contributed by atoms with van der Waals surface area (Å²) in [6, 6.07) is 24.6. The summed E-state index contributed by atoms with van der Waals surface area (Å²) >= 11 is 0. The Morgan fingerprint density at radius 3 is 1.02 bits per heavy atom. The summed E-state index contributed by atoms with van der Waals surface area (Å²) in [6.07, 6.45) is 15.4. The number of carbonyl (C=O) groups excluding carboxylic acids is 2. The van der Waals surface area contributed by atoms with Crippen LogP contribution in [0.2, 0.25) is 0 Å². The second kappa shape index (κ2) is 18.0. The van der Waals surface area contributed by atoms with Gasteiger partial charge in [-0.2, -0.15) is 0 Å². The van der Waals surface area contributed by atoms with E-state index in [-0.39, 0.29) is 11.8 Å². The molecule has 0 atom stereocenters. The van der Waals surface area contributed by atoms with Crippen LogP contribution < -0.4 is 10.6 Å². The molecule has 214 valence electrons. The third-order valence-corrected chi connectivity index (χ3v) is 7.40. The number of carbonyl (C=O) groups is 2. The maximum atomic E-state index is 12.3. The molecule has 0 heterocycles.